The molecular formula is C8H14N4O. The van der Waals surface area contributed by atoms with Gasteiger partial charge in [-0.2, -0.15) is 0 Å². The maximum absolute atomic E-state index is 11.5. The van der Waals surface area contributed by atoms with Crippen LogP contribution in [0, 0.1) is 0 Å². The molecule has 72 valence electrons. The third-order valence-electron chi connectivity index (χ3n) is 1.77. The molecule has 0 saturated carbocycles. The van der Waals surface area contributed by atoms with Crippen molar-refractivity contribution in [3.63, 3.8) is 0 Å². The highest BCUT2D eigenvalue weighted by molar-refractivity contribution is 5.91. The number of hydrogen-bond acceptors (Lipinski definition) is 3. The van der Waals surface area contributed by atoms with Crippen LogP contribution in [0.1, 0.15) is 16.9 Å². The zero-order chi connectivity index (χ0) is 9.68. The van der Waals surface area contributed by atoms with E-state index in [0.29, 0.717) is 18.8 Å². The van der Waals surface area contributed by atoms with Crippen LogP contribution in [0.3, 0.4) is 0 Å². The second-order valence-electron chi connectivity index (χ2n) is 2.83. The van der Waals surface area contributed by atoms with Gasteiger partial charge in [0, 0.05) is 13.6 Å². The molecule has 1 heterocycles. The Balaban J connectivity index is 2.48. The van der Waals surface area contributed by atoms with E-state index in [0.717, 1.165) is 6.42 Å². The van der Waals surface area contributed by atoms with E-state index in [4.69, 9.17) is 5.73 Å². The van der Waals surface area contributed by atoms with Gasteiger partial charge in [-0.3, -0.25) is 4.79 Å². The number of carbonyl (C=O) groups excluding carboxylic acids is 1. The lowest BCUT2D eigenvalue weighted by Crippen LogP contribution is -2.29. The summed E-state index contributed by atoms with van der Waals surface area (Å²) < 4.78 is 0. The summed E-state index contributed by atoms with van der Waals surface area (Å²) in [5.41, 5.74) is 5.85. The lowest BCUT2D eigenvalue weighted by molar-refractivity contribution is 0.0789. The number of imidazole rings is 1. The summed E-state index contributed by atoms with van der Waals surface area (Å²) >= 11 is 0. The summed E-state index contributed by atoms with van der Waals surface area (Å²) in [7, 11) is 1.75. The molecule has 0 unspecified atom stereocenters. The van der Waals surface area contributed by atoms with Crippen LogP contribution in [-0.4, -0.2) is 40.9 Å². The molecule has 1 rings (SSSR count). The van der Waals surface area contributed by atoms with Crippen molar-refractivity contribution in [3.8, 4) is 0 Å². The number of hydrogen-bond donors (Lipinski definition) is 2. The maximum atomic E-state index is 11.5. The summed E-state index contributed by atoms with van der Waals surface area (Å²) in [5, 5.41) is 0. The molecule has 0 bridgehead atoms. The fraction of sp³-hybridized carbons (Fsp3) is 0.500. The van der Waals surface area contributed by atoms with E-state index in [1.165, 1.54) is 12.5 Å². The number of aromatic amines is 1. The van der Waals surface area contributed by atoms with E-state index in [9.17, 15) is 4.79 Å². The van der Waals surface area contributed by atoms with E-state index in [1.807, 2.05) is 0 Å². The van der Waals surface area contributed by atoms with Crippen molar-refractivity contribution < 1.29 is 4.79 Å². The standard InChI is InChI=1S/C8H14N4O/c1-12(4-2-3-9)8(13)7-5-10-6-11-7/h5-6H,2-4,9H2,1H3,(H,10,11). The van der Waals surface area contributed by atoms with Crippen molar-refractivity contribution in [2.45, 2.75) is 6.42 Å². The Morgan fingerprint density at radius 3 is 3.08 bits per heavy atom. The smallest absolute Gasteiger partial charge is 0.271 e. The largest absolute Gasteiger partial charge is 0.341 e. The van der Waals surface area contributed by atoms with E-state index >= 15 is 0 Å². The minimum absolute atomic E-state index is 0.0500. The van der Waals surface area contributed by atoms with Crippen LogP contribution in [0.25, 0.3) is 0 Å². The van der Waals surface area contributed by atoms with Crippen molar-refractivity contribution in [2.75, 3.05) is 20.1 Å². The van der Waals surface area contributed by atoms with Crippen LogP contribution in [-0.2, 0) is 0 Å². The lowest BCUT2D eigenvalue weighted by Gasteiger charge is -2.14. The number of aromatic nitrogens is 2. The number of amides is 1. The Morgan fingerprint density at radius 1 is 1.77 bits per heavy atom. The van der Waals surface area contributed by atoms with Crippen LogP contribution in [0.4, 0.5) is 0 Å². The third kappa shape index (κ3) is 2.55. The van der Waals surface area contributed by atoms with Gasteiger partial charge in [-0.15, -0.1) is 0 Å². The molecule has 0 fully saturated rings. The fourth-order valence-corrected chi connectivity index (χ4v) is 1.01. The van der Waals surface area contributed by atoms with Gasteiger partial charge in [0.05, 0.1) is 12.5 Å². The number of H-pyrrole nitrogens is 1. The molecule has 5 heteroatoms. The monoisotopic (exact) mass is 182 g/mol. The van der Waals surface area contributed by atoms with Gasteiger partial charge in [0.25, 0.3) is 5.91 Å². The van der Waals surface area contributed by atoms with Crippen LogP contribution in [0.2, 0.25) is 0 Å². The SMILES string of the molecule is CN(CCCN)C(=O)c1cnc[nH]1. The molecule has 0 saturated heterocycles. The Morgan fingerprint density at radius 2 is 2.54 bits per heavy atom. The molecule has 0 aliphatic heterocycles. The first-order valence-corrected chi connectivity index (χ1v) is 4.19. The third-order valence-corrected chi connectivity index (χ3v) is 1.77. The Bertz CT molecular complexity index is 257. The molecule has 13 heavy (non-hydrogen) atoms. The topological polar surface area (TPSA) is 75.0 Å². The lowest BCUT2D eigenvalue weighted by atomic mass is 10.3. The number of carbonyl (C=O) groups is 1. The Kier molecular flexibility index (Phi) is 3.45. The number of rotatable bonds is 4. The van der Waals surface area contributed by atoms with E-state index in [1.54, 1.807) is 11.9 Å². The van der Waals surface area contributed by atoms with E-state index < -0.39 is 0 Å². The first-order valence-electron chi connectivity index (χ1n) is 4.19. The molecule has 0 atom stereocenters. The van der Waals surface area contributed by atoms with Crippen LogP contribution in [0.5, 0.6) is 0 Å². The van der Waals surface area contributed by atoms with E-state index in [2.05, 4.69) is 9.97 Å². The summed E-state index contributed by atoms with van der Waals surface area (Å²) in [6, 6.07) is 0. The van der Waals surface area contributed by atoms with Crippen LogP contribution < -0.4 is 5.73 Å². The molecule has 0 radical (unpaired) electrons. The van der Waals surface area contributed by atoms with Crippen molar-refractivity contribution in [3.05, 3.63) is 18.2 Å². The minimum atomic E-state index is -0.0500. The predicted molar refractivity (Wildman–Crippen MR) is 49.2 cm³/mol. The quantitative estimate of drug-likeness (QED) is 0.679. The van der Waals surface area contributed by atoms with Gasteiger partial charge in [0.2, 0.25) is 0 Å². The van der Waals surface area contributed by atoms with Gasteiger partial charge in [-0.1, -0.05) is 0 Å². The van der Waals surface area contributed by atoms with Gasteiger partial charge in [-0.25, -0.2) is 4.98 Å². The van der Waals surface area contributed by atoms with Crippen LogP contribution in [0.15, 0.2) is 12.5 Å². The predicted octanol–water partition coefficient (Wildman–Crippen LogP) is -0.170. The second-order valence-corrected chi connectivity index (χ2v) is 2.83. The molecule has 3 N–H and O–H groups in total. The average molecular weight is 182 g/mol. The molecule has 1 aromatic heterocycles. The van der Waals surface area contributed by atoms with Crippen LogP contribution >= 0.6 is 0 Å². The molecule has 5 nitrogen and oxygen atoms in total. The molecule has 0 aromatic carbocycles. The van der Waals surface area contributed by atoms with Gasteiger partial charge in [-0.05, 0) is 13.0 Å². The van der Waals surface area contributed by atoms with Gasteiger partial charge >= 0.3 is 0 Å². The zero-order valence-corrected chi connectivity index (χ0v) is 7.66. The molecule has 1 aromatic rings. The Labute approximate surface area is 76.9 Å². The molecule has 1 amide bonds. The number of nitrogens with two attached hydrogens (primary N) is 1. The van der Waals surface area contributed by atoms with Crippen molar-refractivity contribution in [1.29, 1.82) is 0 Å². The highest BCUT2D eigenvalue weighted by atomic mass is 16.2. The first-order chi connectivity index (χ1) is 6.25. The summed E-state index contributed by atoms with van der Waals surface area (Å²) in [5.74, 6) is -0.0500. The highest BCUT2D eigenvalue weighted by Crippen LogP contribution is 1.98. The maximum Gasteiger partial charge on any atom is 0.271 e. The summed E-state index contributed by atoms with van der Waals surface area (Å²) in [6.45, 7) is 1.27. The van der Waals surface area contributed by atoms with E-state index in [-0.39, 0.29) is 5.91 Å². The van der Waals surface area contributed by atoms with Gasteiger partial charge < -0.3 is 15.6 Å². The zero-order valence-electron chi connectivity index (χ0n) is 7.66. The van der Waals surface area contributed by atoms with Gasteiger partial charge in [0.15, 0.2) is 0 Å². The Hall–Kier alpha value is -1.36. The number of nitrogens with one attached hydrogen (secondary N) is 1. The van der Waals surface area contributed by atoms with Crippen molar-refractivity contribution >= 4 is 5.91 Å². The van der Waals surface area contributed by atoms with Crippen molar-refractivity contribution in [2.24, 2.45) is 5.73 Å². The highest BCUT2D eigenvalue weighted by Gasteiger charge is 2.11. The average Bonchev–Trinajstić information content (AvgIpc) is 2.65. The molecular weight excluding hydrogens is 168 g/mol. The minimum Gasteiger partial charge on any atom is -0.341 e. The first kappa shape index (κ1) is 9.73. The molecule has 0 aliphatic rings. The summed E-state index contributed by atoms with van der Waals surface area (Å²) in [4.78, 5) is 19.7. The summed E-state index contributed by atoms with van der Waals surface area (Å²) in [6.07, 6.45) is 3.82. The fourth-order valence-electron chi connectivity index (χ4n) is 1.01. The normalized spacial score (nSPS) is 10.0. The molecule has 0 spiro atoms. The van der Waals surface area contributed by atoms with Gasteiger partial charge in [0.1, 0.15) is 5.69 Å². The number of nitrogens with zero attached hydrogens (tertiary/aromatic N) is 2. The molecule has 0 aliphatic carbocycles. The van der Waals surface area contributed by atoms with Crippen molar-refractivity contribution in [1.82, 2.24) is 14.9 Å². The second kappa shape index (κ2) is 4.61.